The fourth-order valence-electron chi connectivity index (χ4n) is 6.77. The smallest absolute Gasteiger partial charge is 0.315 e. The van der Waals surface area contributed by atoms with Crippen LogP contribution in [0.3, 0.4) is 0 Å². The molecule has 1 aromatic rings. The van der Waals surface area contributed by atoms with Gasteiger partial charge in [-0.25, -0.2) is 0 Å². The van der Waals surface area contributed by atoms with Gasteiger partial charge in [0.05, 0.1) is 32.7 Å². The lowest BCUT2D eigenvalue weighted by Crippen LogP contribution is -3.15. The standard InChI is InChI=1S/C26H36N2O2/c1-18-6-4-8-20(14-18)28-12-10-27(11-13-28)17-22-21-15-23-19(2)7-5-9-26(23,3)16-24(21)30-25(22)29/h4,6,8,14,21-22,24H,5,7,9-13,15-17H2,1-3H3/p+1/t21-,22-,24-,26-/m1/s1. The summed E-state index contributed by atoms with van der Waals surface area (Å²) in [6.45, 7) is 12.2. The molecule has 0 spiro atoms. The van der Waals surface area contributed by atoms with E-state index in [1.165, 1.54) is 30.5 Å². The molecule has 0 radical (unpaired) electrons. The Morgan fingerprint density at radius 3 is 2.80 bits per heavy atom. The van der Waals surface area contributed by atoms with Crippen molar-refractivity contribution in [3.63, 3.8) is 0 Å². The Balaban J connectivity index is 1.24. The van der Waals surface area contributed by atoms with Crippen LogP contribution in [0, 0.1) is 24.2 Å². The van der Waals surface area contributed by atoms with Gasteiger partial charge in [-0.2, -0.15) is 0 Å². The predicted octanol–water partition coefficient (Wildman–Crippen LogP) is 3.16. The topological polar surface area (TPSA) is 34.0 Å². The molecule has 0 bridgehead atoms. The van der Waals surface area contributed by atoms with Gasteiger partial charge in [-0.1, -0.05) is 30.2 Å². The second-order valence-corrected chi connectivity index (χ2v) is 10.6. The molecular weight excluding hydrogens is 372 g/mol. The summed E-state index contributed by atoms with van der Waals surface area (Å²) in [7, 11) is 0. The number of aryl methyl sites for hydroxylation is 1. The minimum Gasteiger partial charge on any atom is -0.462 e. The van der Waals surface area contributed by atoms with Gasteiger partial charge in [0.2, 0.25) is 0 Å². The van der Waals surface area contributed by atoms with E-state index in [9.17, 15) is 4.79 Å². The fourth-order valence-corrected chi connectivity index (χ4v) is 6.77. The Kier molecular flexibility index (Phi) is 5.17. The molecule has 3 fully saturated rings. The molecular formula is C26H37N2O2+. The molecule has 4 atom stereocenters. The van der Waals surface area contributed by atoms with E-state index < -0.39 is 0 Å². The van der Waals surface area contributed by atoms with Gasteiger partial charge in [-0.05, 0) is 69.1 Å². The van der Waals surface area contributed by atoms with E-state index in [0.29, 0.717) is 5.92 Å². The van der Waals surface area contributed by atoms with Crippen LogP contribution < -0.4 is 9.80 Å². The number of piperazine rings is 1. The van der Waals surface area contributed by atoms with Crippen molar-refractivity contribution in [2.75, 3.05) is 37.6 Å². The van der Waals surface area contributed by atoms with Crippen LogP contribution in [0.2, 0.25) is 0 Å². The number of nitrogens with zero attached hydrogens (tertiary/aromatic N) is 1. The lowest BCUT2D eigenvalue weighted by molar-refractivity contribution is -0.903. The van der Waals surface area contributed by atoms with E-state index in [1.54, 1.807) is 16.0 Å². The predicted molar refractivity (Wildman–Crippen MR) is 120 cm³/mol. The highest BCUT2D eigenvalue weighted by Gasteiger charge is 2.54. The summed E-state index contributed by atoms with van der Waals surface area (Å²) in [5.41, 5.74) is 6.18. The highest BCUT2D eigenvalue weighted by atomic mass is 16.6. The number of carbonyl (C=O) groups is 1. The number of quaternary nitrogens is 1. The summed E-state index contributed by atoms with van der Waals surface area (Å²) < 4.78 is 5.99. The fraction of sp³-hybridized carbons (Fsp3) is 0.654. The number of ether oxygens (including phenoxy) is 1. The Labute approximate surface area is 181 Å². The van der Waals surface area contributed by atoms with Crippen LogP contribution in [0.1, 0.15) is 51.5 Å². The third kappa shape index (κ3) is 3.57. The third-order valence-corrected chi connectivity index (χ3v) is 8.53. The third-order valence-electron chi connectivity index (χ3n) is 8.53. The molecule has 4 aliphatic rings. The van der Waals surface area contributed by atoms with Crippen molar-refractivity contribution in [3.05, 3.63) is 41.0 Å². The highest BCUT2D eigenvalue weighted by molar-refractivity contribution is 5.75. The van der Waals surface area contributed by atoms with Crippen LogP contribution >= 0.6 is 0 Å². The summed E-state index contributed by atoms with van der Waals surface area (Å²) in [5, 5.41) is 0. The molecule has 162 valence electrons. The zero-order chi connectivity index (χ0) is 20.9. The van der Waals surface area contributed by atoms with Gasteiger partial charge >= 0.3 is 5.97 Å². The minimum absolute atomic E-state index is 0.0825. The zero-order valence-electron chi connectivity index (χ0n) is 18.9. The average molecular weight is 410 g/mol. The van der Waals surface area contributed by atoms with E-state index in [4.69, 9.17) is 4.74 Å². The summed E-state index contributed by atoms with van der Waals surface area (Å²) in [6, 6.07) is 8.81. The summed E-state index contributed by atoms with van der Waals surface area (Å²) in [6.07, 6.45) is 6.08. The lowest BCUT2D eigenvalue weighted by atomic mass is 9.59. The molecule has 0 aromatic heterocycles. The molecule has 0 amide bonds. The Morgan fingerprint density at radius 2 is 2.03 bits per heavy atom. The molecule has 4 nitrogen and oxygen atoms in total. The Hall–Kier alpha value is -1.81. The van der Waals surface area contributed by atoms with Crippen molar-refractivity contribution in [1.29, 1.82) is 0 Å². The van der Waals surface area contributed by atoms with Crippen LogP contribution in [0.5, 0.6) is 0 Å². The van der Waals surface area contributed by atoms with Crippen LogP contribution in [0.4, 0.5) is 5.69 Å². The maximum atomic E-state index is 12.9. The van der Waals surface area contributed by atoms with E-state index in [0.717, 1.165) is 45.6 Å². The monoisotopic (exact) mass is 409 g/mol. The van der Waals surface area contributed by atoms with Crippen LogP contribution in [0.15, 0.2) is 35.4 Å². The van der Waals surface area contributed by atoms with Crippen LogP contribution in [-0.4, -0.2) is 44.8 Å². The maximum absolute atomic E-state index is 12.9. The molecule has 1 aromatic carbocycles. The number of rotatable bonds is 3. The van der Waals surface area contributed by atoms with E-state index >= 15 is 0 Å². The number of carbonyl (C=O) groups excluding carboxylic acids is 1. The molecule has 30 heavy (non-hydrogen) atoms. The molecule has 1 N–H and O–H groups in total. The van der Waals surface area contributed by atoms with E-state index in [1.807, 2.05) is 0 Å². The van der Waals surface area contributed by atoms with Gasteiger partial charge in [0.15, 0.2) is 0 Å². The van der Waals surface area contributed by atoms with Gasteiger partial charge in [0.1, 0.15) is 12.0 Å². The van der Waals surface area contributed by atoms with Gasteiger partial charge in [-0.15, -0.1) is 0 Å². The maximum Gasteiger partial charge on any atom is 0.315 e. The Morgan fingerprint density at radius 1 is 1.23 bits per heavy atom. The molecule has 5 rings (SSSR count). The molecule has 1 saturated carbocycles. The lowest BCUT2D eigenvalue weighted by Gasteiger charge is -2.45. The van der Waals surface area contributed by atoms with Crippen molar-refractivity contribution in [2.24, 2.45) is 17.3 Å². The molecule has 0 unspecified atom stereocenters. The normalized spacial score (nSPS) is 34.6. The molecule has 2 saturated heterocycles. The van der Waals surface area contributed by atoms with E-state index in [2.05, 4.69) is 49.9 Å². The van der Waals surface area contributed by atoms with Gasteiger partial charge in [-0.3, -0.25) is 4.79 Å². The minimum atomic E-state index is 0.0825. The summed E-state index contributed by atoms with van der Waals surface area (Å²) in [4.78, 5) is 16.9. The average Bonchev–Trinajstić information content (AvgIpc) is 3.01. The first kappa shape index (κ1) is 20.1. The Bertz CT molecular complexity index is 854. The quantitative estimate of drug-likeness (QED) is 0.615. The summed E-state index contributed by atoms with van der Waals surface area (Å²) >= 11 is 0. The number of hydrogen-bond donors (Lipinski definition) is 1. The van der Waals surface area contributed by atoms with Crippen LogP contribution in [-0.2, 0) is 9.53 Å². The van der Waals surface area contributed by atoms with Crippen molar-refractivity contribution in [1.82, 2.24) is 0 Å². The first-order valence-electron chi connectivity index (χ1n) is 12.0. The first-order valence-corrected chi connectivity index (χ1v) is 12.0. The number of allylic oxidation sites excluding steroid dienone is 2. The number of anilines is 1. The molecule has 2 aliphatic heterocycles. The van der Waals surface area contributed by atoms with Crippen molar-refractivity contribution < 1.29 is 14.4 Å². The number of nitrogens with one attached hydrogen (secondary N) is 1. The molecule has 2 aliphatic carbocycles. The second-order valence-electron chi connectivity index (χ2n) is 10.6. The second kappa shape index (κ2) is 7.71. The summed E-state index contributed by atoms with van der Waals surface area (Å²) in [5.74, 6) is 0.567. The zero-order valence-corrected chi connectivity index (χ0v) is 18.9. The molecule has 4 heteroatoms. The van der Waals surface area contributed by atoms with E-state index in [-0.39, 0.29) is 23.4 Å². The van der Waals surface area contributed by atoms with Gasteiger partial charge < -0.3 is 14.5 Å². The van der Waals surface area contributed by atoms with Crippen molar-refractivity contribution in [2.45, 2.75) is 59.0 Å². The molecule has 2 heterocycles. The van der Waals surface area contributed by atoms with Crippen molar-refractivity contribution >= 4 is 11.7 Å². The highest BCUT2D eigenvalue weighted by Crippen LogP contribution is 2.54. The number of fused-ring (bicyclic) bond motifs is 2. The SMILES string of the molecule is CC1=C2C[C@H]3[C@@H](C[C@@]2(C)CCC1)OC(=O)[C@@H]3C[NH+]1CCN(c2cccc(C)c2)CC1. The largest absolute Gasteiger partial charge is 0.462 e. The number of esters is 1. The first-order chi connectivity index (χ1) is 14.4. The van der Waals surface area contributed by atoms with Crippen molar-refractivity contribution in [3.8, 4) is 0 Å². The number of benzene rings is 1. The van der Waals surface area contributed by atoms with Gasteiger partial charge in [0, 0.05) is 11.6 Å². The number of hydrogen-bond acceptors (Lipinski definition) is 3. The van der Waals surface area contributed by atoms with Crippen LogP contribution in [0.25, 0.3) is 0 Å². The van der Waals surface area contributed by atoms with Gasteiger partial charge in [0.25, 0.3) is 0 Å².